The molecule has 0 unspecified atom stereocenters. The van der Waals surface area contributed by atoms with E-state index in [4.69, 9.17) is 5.73 Å². The van der Waals surface area contributed by atoms with Crippen molar-refractivity contribution < 1.29 is 4.79 Å². The molecule has 1 aromatic heterocycles. The van der Waals surface area contributed by atoms with Gasteiger partial charge in [-0.2, -0.15) is 0 Å². The third-order valence-corrected chi connectivity index (χ3v) is 8.65. The van der Waals surface area contributed by atoms with Crippen LogP contribution in [0.4, 0.5) is 22.3 Å². The number of ketones is 1. The summed E-state index contributed by atoms with van der Waals surface area (Å²) in [4.78, 5) is 23.2. The van der Waals surface area contributed by atoms with Crippen molar-refractivity contribution in [1.82, 2.24) is 9.88 Å². The van der Waals surface area contributed by atoms with Gasteiger partial charge in [-0.3, -0.25) is 4.79 Å². The van der Waals surface area contributed by atoms with Gasteiger partial charge in [0, 0.05) is 36.1 Å². The lowest BCUT2D eigenvalue weighted by atomic mass is 10.0. The van der Waals surface area contributed by atoms with Gasteiger partial charge in [0.15, 0.2) is 5.13 Å². The van der Waals surface area contributed by atoms with Crippen LogP contribution < -0.4 is 16.0 Å². The maximum Gasteiger partial charge on any atom is 0.206 e. The quantitative estimate of drug-likeness (QED) is 0.420. The largest absolute Gasteiger partial charge is 0.382 e. The van der Waals surface area contributed by atoms with E-state index in [1.54, 1.807) is 0 Å². The first-order valence-corrected chi connectivity index (χ1v) is 13.7. The summed E-state index contributed by atoms with van der Waals surface area (Å²) in [6.07, 6.45) is 7.65. The van der Waals surface area contributed by atoms with Gasteiger partial charge in [0.25, 0.3) is 0 Å². The maximum atomic E-state index is 13.1. The topological polar surface area (TPSA) is 74.5 Å². The van der Waals surface area contributed by atoms with Crippen LogP contribution in [-0.2, 0) is 0 Å². The Balaban J connectivity index is 1.09. The Morgan fingerprint density at radius 1 is 0.971 bits per heavy atom. The van der Waals surface area contributed by atoms with Crippen molar-refractivity contribution in [3.05, 3.63) is 64.5 Å². The smallest absolute Gasteiger partial charge is 0.206 e. The molecule has 35 heavy (non-hydrogen) atoms. The van der Waals surface area contributed by atoms with Crippen molar-refractivity contribution >= 4 is 39.4 Å². The van der Waals surface area contributed by atoms with E-state index in [1.807, 2.05) is 18.2 Å². The van der Waals surface area contributed by atoms with Gasteiger partial charge in [0.05, 0.1) is 0 Å². The zero-order chi connectivity index (χ0) is 23.8. The van der Waals surface area contributed by atoms with Crippen molar-refractivity contribution in [3.63, 3.8) is 0 Å². The lowest BCUT2D eigenvalue weighted by Gasteiger charge is -2.37. The second-order valence-corrected chi connectivity index (χ2v) is 11.1. The van der Waals surface area contributed by atoms with E-state index in [-0.39, 0.29) is 11.6 Å². The molecule has 0 atom stereocenters. The Hall–Kier alpha value is -2.90. The van der Waals surface area contributed by atoms with Crippen molar-refractivity contribution in [2.75, 3.05) is 42.1 Å². The highest BCUT2D eigenvalue weighted by molar-refractivity contribution is 7.18. The minimum Gasteiger partial charge on any atom is -0.382 e. The standard InChI is InChI=1S/C28H33N5OS/c29-27-26(25(34)21-5-3-4-20(18-21)19-6-7-19)35-28(31-27)30-22-8-10-23(11-9-22)33-16-12-24(13-17-33)32-14-1-2-15-32/h3-5,8-11,18-19,24H,1-2,6-7,12-17,29H2,(H,30,31). The molecule has 3 N–H and O–H groups in total. The number of nitrogens with two attached hydrogens (primary N) is 1. The first-order valence-electron chi connectivity index (χ1n) is 12.9. The van der Waals surface area contributed by atoms with E-state index in [1.165, 1.54) is 74.2 Å². The molecule has 6 nitrogen and oxygen atoms in total. The molecule has 2 aliphatic heterocycles. The maximum absolute atomic E-state index is 13.1. The zero-order valence-electron chi connectivity index (χ0n) is 20.1. The summed E-state index contributed by atoms with van der Waals surface area (Å²) in [7, 11) is 0. The van der Waals surface area contributed by atoms with Crippen molar-refractivity contribution in [2.45, 2.75) is 50.5 Å². The number of carbonyl (C=O) groups is 1. The van der Waals surface area contributed by atoms with Crippen molar-refractivity contribution in [1.29, 1.82) is 0 Å². The highest BCUT2D eigenvalue weighted by Gasteiger charge is 2.27. The number of hydrogen-bond acceptors (Lipinski definition) is 7. The molecule has 1 aliphatic carbocycles. The van der Waals surface area contributed by atoms with E-state index < -0.39 is 0 Å². The predicted molar refractivity (Wildman–Crippen MR) is 144 cm³/mol. The van der Waals surface area contributed by atoms with E-state index >= 15 is 0 Å². The highest BCUT2D eigenvalue weighted by Crippen LogP contribution is 2.40. The van der Waals surface area contributed by atoms with Crippen LogP contribution in [-0.4, -0.2) is 47.9 Å². The fraction of sp³-hybridized carbons (Fsp3) is 0.429. The van der Waals surface area contributed by atoms with E-state index in [0.29, 0.717) is 21.5 Å². The fourth-order valence-corrected chi connectivity index (χ4v) is 6.37. The molecule has 6 rings (SSSR count). The van der Waals surface area contributed by atoms with Crippen LogP contribution in [0.25, 0.3) is 0 Å². The normalized spacial score (nSPS) is 19.3. The average molecular weight is 488 g/mol. The lowest BCUT2D eigenvalue weighted by Crippen LogP contribution is -2.43. The Kier molecular flexibility index (Phi) is 6.20. The molecular weight excluding hydrogens is 454 g/mol. The molecule has 3 fully saturated rings. The second-order valence-electron chi connectivity index (χ2n) is 10.1. The van der Waals surface area contributed by atoms with Gasteiger partial charge in [-0.25, -0.2) is 4.98 Å². The number of nitrogen functional groups attached to an aromatic ring is 1. The van der Waals surface area contributed by atoms with E-state index in [2.05, 4.69) is 50.4 Å². The van der Waals surface area contributed by atoms with Crippen LogP contribution in [0.15, 0.2) is 48.5 Å². The number of hydrogen-bond donors (Lipinski definition) is 2. The van der Waals surface area contributed by atoms with Crippen LogP contribution in [0.1, 0.15) is 65.2 Å². The summed E-state index contributed by atoms with van der Waals surface area (Å²) in [5.41, 5.74) is 10.3. The van der Waals surface area contributed by atoms with Gasteiger partial charge >= 0.3 is 0 Å². The highest BCUT2D eigenvalue weighted by atomic mass is 32.1. The van der Waals surface area contributed by atoms with Crippen LogP contribution in [0.3, 0.4) is 0 Å². The minimum absolute atomic E-state index is 0.0526. The summed E-state index contributed by atoms with van der Waals surface area (Å²) in [6, 6.07) is 17.2. The summed E-state index contributed by atoms with van der Waals surface area (Å²) < 4.78 is 0. The number of aromatic nitrogens is 1. The summed E-state index contributed by atoms with van der Waals surface area (Å²) in [5, 5.41) is 3.98. The van der Waals surface area contributed by atoms with Gasteiger partial charge in [0.2, 0.25) is 5.78 Å². The first kappa shape index (κ1) is 22.6. The third-order valence-electron chi connectivity index (χ3n) is 7.66. The number of piperidine rings is 1. The number of nitrogens with zero attached hydrogens (tertiary/aromatic N) is 3. The molecule has 3 aromatic rings. The van der Waals surface area contributed by atoms with Gasteiger partial charge in [-0.15, -0.1) is 0 Å². The Morgan fingerprint density at radius 2 is 1.71 bits per heavy atom. The summed E-state index contributed by atoms with van der Waals surface area (Å²) in [5.74, 6) is 0.846. The molecule has 0 spiro atoms. The van der Waals surface area contributed by atoms with E-state index in [0.717, 1.165) is 24.8 Å². The number of benzene rings is 2. The Labute approximate surface area is 211 Å². The van der Waals surface area contributed by atoms with E-state index in [9.17, 15) is 4.79 Å². The molecule has 0 amide bonds. The van der Waals surface area contributed by atoms with Crippen LogP contribution >= 0.6 is 11.3 Å². The van der Waals surface area contributed by atoms with Gasteiger partial charge in [-0.05, 0) is 93.4 Å². The molecule has 3 heterocycles. The molecule has 3 aliphatic rings. The number of likely N-dealkylation sites (tertiary alicyclic amines) is 1. The molecule has 2 saturated heterocycles. The predicted octanol–water partition coefficient (Wildman–Crippen LogP) is 5.64. The monoisotopic (exact) mass is 487 g/mol. The number of thiazole rings is 1. The third kappa shape index (κ3) is 4.93. The number of rotatable bonds is 7. The van der Waals surface area contributed by atoms with Crippen LogP contribution in [0.5, 0.6) is 0 Å². The minimum atomic E-state index is -0.0526. The zero-order valence-corrected chi connectivity index (χ0v) is 20.9. The number of carbonyl (C=O) groups excluding carboxylic acids is 1. The van der Waals surface area contributed by atoms with Crippen molar-refractivity contribution in [2.24, 2.45) is 0 Å². The lowest BCUT2D eigenvalue weighted by molar-refractivity contribution is 0.104. The molecule has 7 heteroatoms. The van der Waals surface area contributed by atoms with Crippen LogP contribution in [0, 0.1) is 0 Å². The molecule has 0 bridgehead atoms. The fourth-order valence-electron chi connectivity index (χ4n) is 5.50. The van der Waals surface area contributed by atoms with Crippen molar-refractivity contribution in [3.8, 4) is 0 Å². The first-order chi connectivity index (χ1) is 17.1. The molecule has 0 radical (unpaired) electrons. The average Bonchev–Trinajstić information content (AvgIpc) is 3.48. The van der Waals surface area contributed by atoms with Crippen LogP contribution in [0.2, 0.25) is 0 Å². The Bertz CT molecular complexity index is 1190. The second kappa shape index (κ2) is 9.63. The number of anilines is 4. The van der Waals surface area contributed by atoms with Gasteiger partial charge in [-0.1, -0.05) is 29.5 Å². The molecule has 1 saturated carbocycles. The molecule has 182 valence electrons. The Morgan fingerprint density at radius 3 is 2.43 bits per heavy atom. The number of nitrogens with one attached hydrogen (secondary N) is 1. The molecular formula is C28H33N5OS. The van der Waals surface area contributed by atoms with Gasteiger partial charge < -0.3 is 20.9 Å². The SMILES string of the molecule is Nc1nc(Nc2ccc(N3CCC(N4CCCC4)CC3)cc2)sc1C(=O)c1cccc(C2CC2)c1. The van der Waals surface area contributed by atoms with Gasteiger partial charge in [0.1, 0.15) is 10.7 Å². The molecule has 2 aromatic carbocycles. The summed E-state index contributed by atoms with van der Waals surface area (Å²) >= 11 is 1.32. The summed E-state index contributed by atoms with van der Waals surface area (Å²) in [6.45, 7) is 4.80.